The van der Waals surface area contributed by atoms with Gasteiger partial charge in [0.15, 0.2) is 11.6 Å². The van der Waals surface area contributed by atoms with E-state index in [9.17, 15) is 0 Å². The average molecular weight is 927 g/mol. The first-order valence-electron chi connectivity index (χ1n) is 23.9. The third-order valence-electron chi connectivity index (χ3n) is 15.0. The highest BCUT2D eigenvalue weighted by Crippen LogP contribution is 2.46. The van der Waals surface area contributed by atoms with Gasteiger partial charge in [0.1, 0.15) is 110 Å². The minimum Gasteiger partial charge on any atom is -0.310 e. The van der Waals surface area contributed by atoms with Crippen molar-refractivity contribution in [2.45, 2.75) is 0 Å². The maximum Gasteiger partial charge on any atom is 0.238 e. The molecule has 0 unspecified atom stereocenters. The summed E-state index contributed by atoms with van der Waals surface area (Å²) in [6.07, 6.45) is 0. The van der Waals surface area contributed by atoms with E-state index in [1.54, 1.807) is 0 Å². The number of para-hydroxylation sites is 1. The molecule has 0 spiro atoms. The Morgan fingerprint density at radius 1 is 0.276 bits per heavy atom. The van der Waals surface area contributed by atoms with Crippen LogP contribution in [0.1, 0.15) is 0 Å². The van der Waals surface area contributed by atoms with Crippen molar-refractivity contribution in [2.24, 2.45) is 0 Å². The molecular formula is C57H21B14N5. The maximum atomic E-state index is 7.13. The van der Waals surface area contributed by atoms with Crippen molar-refractivity contribution in [3.8, 4) is 56.7 Å². The molecule has 0 saturated carbocycles. The third-order valence-corrected chi connectivity index (χ3v) is 15.0. The van der Waals surface area contributed by atoms with Crippen LogP contribution in [-0.2, 0) is 0 Å². The van der Waals surface area contributed by atoms with Gasteiger partial charge in [0.25, 0.3) is 0 Å². The van der Waals surface area contributed by atoms with E-state index in [0.717, 1.165) is 76.3 Å². The predicted molar refractivity (Wildman–Crippen MR) is 332 cm³/mol. The summed E-state index contributed by atoms with van der Waals surface area (Å²) in [4.78, 5) is 15.9. The Balaban J connectivity index is 1.16. The van der Waals surface area contributed by atoms with E-state index in [2.05, 4.69) is 54.6 Å². The lowest BCUT2D eigenvalue weighted by Gasteiger charge is -2.28. The second-order valence-corrected chi connectivity index (χ2v) is 19.0. The van der Waals surface area contributed by atoms with Gasteiger partial charge < -0.3 is 4.57 Å². The second kappa shape index (κ2) is 17.5. The molecule has 19 heteroatoms. The molecule has 0 atom stereocenters. The van der Waals surface area contributed by atoms with Crippen molar-refractivity contribution in [1.82, 2.24) is 24.1 Å². The number of nitrogens with zero attached hydrogens (tertiary/aromatic N) is 5. The minimum absolute atomic E-state index is 0.00795. The van der Waals surface area contributed by atoms with Gasteiger partial charge in [-0.1, -0.05) is 135 Å². The molecule has 13 rings (SSSR count). The summed E-state index contributed by atoms with van der Waals surface area (Å²) in [5.74, 6) is 0.544. The first kappa shape index (κ1) is 48.2. The zero-order chi connectivity index (χ0) is 52.9. The molecule has 5 nitrogen and oxygen atoms in total. The van der Waals surface area contributed by atoms with Crippen molar-refractivity contribution in [3.63, 3.8) is 0 Å². The Kier molecular flexibility index (Phi) is 11.1. The molecule has 76 heavy (non-hydrogen) atoms. The Bertz CT molecular complexity index is 4620. The van der Waals surface area contributed by atoms with Crippen molar-refractivity contribution < 1.29 is 0 Å². The van der Waals surface area contributed by atoms with E-state index >= 15 is 0 Å². The molecule has 0 fully saturated rings. The van der Waals surface area contributed by atoms with Crippen molar-refractivity contribution in [2.75, 3.05) is 0 Å². The lowest BCUT2D eigenvalue weighted by Crippen LogP contribution is -2.57. The summed E-state index contributed by atoms with van der Waals surface area (Å²) >= 11 is 0. The fraction of sp³-hybridized carbons (Fsp3) is 0. The zero-order valence-corrected chi connectivity index (χ0v) is 40.4. The highest BCUT2D eigenvalue weighted by atomic mass is 15.2. The van der Waals surface area contributed by atoms with Crippen molar-refractivity contribution in [1.29, 1.82) is 0 Å². The summed E-state index contributed by atoms with van der Waals surface area (Å²) in [6.45, 7) is 0. The second-order valence-electron chi connectivity index (χ2n) is 19.0. The van der Waals surface area contributed by atoms with Gasteiger partial charge in [0.2, 0.25) is 5.95 Å². The summed E-state index contributed by atoms with van der Waals surface area (Å²) in [7, 11) is 93.3. The molecule has 0 N–H and O–H groups in total. The van der Waals surface area contributed by atoms with Gasteiger partial charge in [-0.25, -0.2) is 4.98 Å². The van der Waals surface area contributed by atoms with Crippen LogP contribution >= 0.6 is 0 Å². The van der Waals surface area contributed by atoms with E-state index in [-0.39, 0.29) is 111 Å². The van der Waals surface area contributed by atoms with Gasteiger partial charge in [-0.2, -0.15) is 9.97 Å². The summed E-state index contributed by atoms with van der Waals surface area (Å²) in [5, 5.41) is 7.34. The SMILES string of the molecule is [B]c1c([B])c([B])c(-c2c([B])c([B])c(-c3nc(-c4ccc5c6c4c4ccccc4c4cccc(c46)n5-c4c([B])c([B])c([B])c([B])c4[B])nc(-n4c5ccccc5c5cc(-c6ccccc6)ccc54)n3)c([B])c2[B])c([B])c1[B]. The molecular weight excluding hydrogens is 906 g/mol. The highest BCUT2D eigenvalue weighted by molar-refractivity contribution is 6.71. The van der Waals surface area contributed by atoms with E-state index in [4.69, 9.17) is 125 Å². The lowest BCUT2D eigenvalue weighted by atomic mass is 9.56. The number of benzene rings is 10. The van der Waals surface area contributed by atoms with Crippen molar-refractivity contribution in [3.05, 3.63) is 127 Å². The van der Waals surface area contributed by atoms with Crippen LogP contribution in [0.15, 0.2) is 127 Å². The Morgan fingerprint density at radius 2 is 0.737 bits per heavy atom. The molecule has 0 bridgehead atoms. The maximum absolute atomic E-state index is 7.13. The Morgan fingerprint density at radius 3 is 1.39 bits per heavy atom. The fourth-order valence-electron chi connectivity index (χ4n) is 11.2. The minimum atomic E-state index is -0.0363. The Hall–Kier alpha value is -7.50. The first-order chi connectivity index (χ1) is 36.6. The molecule has 10 aromatic carbocycles. The molecule has 316 valence electrons. The van der Waals surface area contributed by atoms with Crippen LogP contribution in [0.3, 0.4) is 0 Å². The quantitative estimate of drug-likeness (QED) is 0.138. The predicted octanol–water partition coefficient (Wildman–Crippen LogP) is -2.41. The third kappa shape index (κ3) is 6.69. The molecule has 0 aliphatic heterocycles. The van der Waals surface area contributed by atoms with Crippen LogP contribution < -0.4 is 76.5 Å². The summed E-state index contributed by atoms with van der Waals surface area (Å²) in [6, 6.07) is 42.7. The number of fused-ring (bicyclic) bond motifs is 6. The van der Waals surface area contributed by atoms with Crippen molar-refractivity contribution >= 4 is 251 Å². The first-order valence-corrected chi connectivity index (χ1v) is 23.9. The van der Waals surface area contributed by atoms with Crippen LogP contribution in [0.5, 0.6) is 0 Å². The van der Waals surface area contributed by atoms with Gasteiger partial charge in [-0.05, 0) is 74.8 Å². The number of aromatic nitrogens is 5. The van der Waals surface area contributed by atoms with E-state index in [0.29, 0.717) is 11.3 Å². The highest BCUT2D eigenvalue weighted by Gasteiger charge is 2.28. The zero-order valence-electron chi connectivity index (χ0n) is 40.4. The van der Waals surface area contributed by atoms with Crippen LogP contribution in [0.4, 0.5) is 0 Å². The summed E-state index contributed by atoms with van der Waals surface area (Å²) in [5.41, 5.74) is 7.19. The molecule has 0 saturated heterocycles. The van der Waals surface area contributed by atoms with Gasteiger partial charge >= 0.3 is 0 Å². The van der Waals surface area contributed by atoms with Crippen LogP contribution in [-0.4, -0.2) is 134 Å². The average Bonchev–Trinajstić information content (AvgIpc) is 3.99. The Labute approximate surface area is 456 Å². The molecule has 3 heterocycles. The topological polar surface area (TPSA) is 48.5 Å². The van der Waals surface area contributed by atoms with Gasteiger partial charge in [-0.15, -0.1) is 32.8 Å². The van der Waals surface area contributed by atoms with Gasteiger partial charge in [-0.3, -0.25) is 4.57 Å². The lowest BCUT2D eigenvalue weighted by molar-refractivity contribution is 0.956. The molecule has 0 aliphatic carbocycles. The number of rotatable bonds is 6. The smallest absolute Gasteiger partial charge is 0.238 e. The summed E-state index contributed by atoms with van der Waals surface area (Å²) < 4.78 is 3.97. The molecule has 13 aromatic rings. The molecule has 3 aromatic heterocycles. The molecule has 0 amide bonds. The van der Waals surface area contributed by atoms with Crippen LogP contribution in [0, 0.1) is 0 Å². The van der Waals surface area contributed by atoms with Gasteiger partial charge in [0.05, 0.1) is 22.1 Å². The molecule has 28 radical (unpaired) electrons. The van der Waals surface area contributed by atoms with E-state index in [1.165, 1.54) is 0 Å². The normalized spacial score (nSPS) is 11.9. The van der Waals surface area contributed by atoms with Crippen LogP contribution in [0.2, 0.25) is 0 Å². The fourth-order valence-corrected chi connectivity index (χ4v) is 11.2. The largest absolute Gasteiger partial charge is 0.310 e. The van der Waals surface area contributed by atoms with Gasteiger partial charge in [0, 0.05) is 43.7 Å². The number of hydrogen-bond acceptors (Lipinski definition) is 3. The molecule has 0 aliphatic rings. The van der Waals surface area contributed by atoms with Crippen LogP contribution in [0.25, 0.3) is 122 Å². The van der Waals surface area contributed by atoms with E-state index < -0.39 is 0 Å². The number of hydrogen-bond donors (Lipinski definition) is 0. The van der Waals surface area contributed by atoms with E-state index in [1.807, 2.05) is 81.9 Å². The standard InChI is InChI=1S/C57H21B14N5/c58-40-37(38-42(60)46(64)48(66)47(65)43(38)61)41(59)45(63)39(44(40)62)56-72-55(73-57(74-56)76-30-15-7-6-12-25(30)29-21-23(17-19-31(29)76)22-9-2-1-3-10-22)28-18-20-33-36-34(28)26-13-5-4-11-24(26)27-14-8-16-32(35(27)36)75(33)54-52(70)50(68)49(67)51(69)53(54)71/h1-21H. The monoisotopic (exact) mass is 929 g/mol.